The molecule has 0 unspecified atom stereocenters. The number of amides is 1. The smallest absolute Gasteiger partial charge is 0.389 e. The first kappa shape index (κ1) is 16.3. The number of alkyl halides is 3. The summed E-state index contributed by atoms with van der Waals surface area (Å²) < 4.78 is 40.6. The minimum Gasteiger partial charge on any atom is -0.497 e. The lowest BCUT2D eigenvalue weighted by molar-refractivity contribution is -0.135. The van der Waals surface area contributed by atoms with Crippen LogP contribution in [0.5, 0.6) is 5.75 Å². The summed E-state index contributed by atoms with van der Waals surface area (Å²) in [5.41, 5.74) is 0.605. The lowest BCUT2D eigenvalue weighted by Gasteiger charge is -2.08. The second-order valence-corrected chi connectivity index (χ2v) is 4.17. The van der Waals surface area contributed by atoms with E-state index in [0.717, 1.165) is 0 Å². The number of carbonyl (C=O) groups excluding carboxylic acids is 1. The average molecular weight is 290 g/mol. The summed E-state index contributed by atoms with van der Waals surface area (Å²) in [4.78, 5) is 11.5. The number of anilines is 1. The molecule has 0 aliphatic carbocycles. The van der Waals surface area contributed by atoms with Crippen molar-refractivity contribution in [1.29, 1.82) is 0 Å². The molecule has 0 atom stereocenters. The van der Waals surface area contributed by atoms with E-state index in [9.17, 15) is 18.0 Å². The summed E-state index contributed by atoms with van der Waals surface area (Å²) in [5.74, 6) is 0.371. The van der Waals surface area contributed by atoms with Gasteiger partial charge in [-0.3, -0.25) is 4.79 Å². The van der Waals surface area contributed by atoms with Crippen LogP contribution >= 0.6 is 0 Å². The van der Waals surface area contributed by atoms with Gasteiger partial charge in [0.2, 0.25) is 5.91 Å². The first-order chi connectivity index (χ1) is 9.40. The Kier molecular flexibility index (Phi) is 6.30. The van der Waals surface area contributed by atoms with Crippen molar-refractivity contribution in [2.75, 3.05) is 25.5 Å². The van der Waals surface area contributed by atoms with E-state index in [1.807, 2.05) is 0 Å². The van der Waals surface area contributed by atoms with Crippen LogP contribution in [0.3, 0.4) is 0 Å². The molecule has 1 amide bonds. The van der Waals surface area contributed by atoms with Gasteiger partial charge in [-0.15, -0.1) is 0 Å². The quantitative estimate of drug-likeness (QED) is 0.759. The van der Waals surface area contributed by atoms with Crippen LogP contribution in [-0.4, -0.2) is 32.3 Å². The predicted molar refractivity (Wildman–Crippen MR) is 69.8 cm³/mol. The Bertz CT molecular complexity index is 419. The van der Waals surface area contributed by atoms with Crippen molar-refractivity contribution in [1.82, 2.24) is 5.32 Å². The van der Waals surface area contributed by atoms with E-state index in [1.54, 1.807) is 31.4 Å². The highest BCUT2D eigenvalue weighted by Crippen LogP contribution is 2.20. The van der Waals surface area contributed by atoms with Crippen LogP contribution in [0.1, 0.15) is 12.8 Å². The van der Waals surface area contributed by atoms with E-state index in [0.29, 0.717) is 11.4 Å². The van der Waals surface area contributed by atoms with Gasteiger partial charge in [-0.2, -0.15) is 13.2 Å². The summed E-state index contributed by atoms with van der Waals surface area (Å²) in [6.07, 6.45) is -5.04. The molecule has 4 nitrogen and oxygen atoms in total. The number of rotatable bonds is 7. The zero-order chi connectivity index (χ0) is 15.0. The Morgan fingerprint density at radius 3 is 2.45 bits per heavy atom. The normalized spacial score (nSPS) is 11.2. The summed E-state index contributed by atoms with van der Waals surface area (Å²) in [5, 5.41) is 5.28. The SMILES string of the molecule is COc1ccc(NC(=O)CNCCCC(F)(F)F)cc1. The molecule has 0 saturated carbocycles. The Morgan fingerprint density at radius 1 is 1.25 bits per heavy atom. The highest BCUT2D eigenvalue weighted by atomic mass is 19.4. The molecule has 7 heteroatoms. The number of hydrogen-bond donors (Lipinski definition) is 2. The van der Waals surface area contributed by atoms with Gasteiger partial charge < -0.3 is 15.4 Å². The minimum atomic E-state index is -4.15. The summed E-state index contributed by atoms with van der Waals surface area (Å²) in [7, 11) is 1.54. The molecule has 2 N–H and O–H groups in total. The van der Waals surface area contributed by atoms with Gasteiger partial charge >= 0.3 is 6.18 Å². The number of methoxy groups -OCH3 is 1. The summed E-state index contributed by atoms with van der Waals surface area (Å²) in [6, 6.07) is 6.76. The second kappa shape index (κ2) is 7.74. The van der Waals surface area contributed by atoms with Gasteiger partial charge in [0.05, 0.1) is 13.7 Å². The molecule has 1 aromatic carbocycles. The van der Waals surface area contributed by atoms with Crippen LogP contribution in [-0.2, 0) is 4.79 Å². The van der Waals surface area contributed by atoms with E-state index in [-0.39, 0.29) is 25.4 Å². The lowest BCUT2D eigenvalue weighted by atomic mass is 10.3. The fourth-order valence-corrected chi connectivity index (χ4v) is 1.50. The molecular weight excluding hydrogens is 273 g/mol. The Hall–Kier alpha value is -1.76. The summed E-state index contributed by atoms with van der Waals surface area (Å²) >= 11 is 0. The molecule has 0 fully saturated rings. The zero-order valence-electron chi connectivity index (χ0n) is 11.1. The number of ether oxygens (including phenoxy) is 1. The first-order valence-corrected chi connectivity index (χ1v) is 6.12. The third-order valence-electron chi connectivity index (χ3n) is 2.47. The van der Waals surface area contributed by atoms with Crippen LogP contribution in [0.25, 0.3) is 0 Å². The van der Waals surface area contributed by atoms with Crippen molar-refractivity contribution in [2.24, 2.45) is 0 Å². The Labute approximate surface area is 115 Å². The van der Waals surface area contributed by atoms with Crippen molar-refractivity contribution < 1.29 is 22.7 Å². The van der Waals surface area contributed by atoms with E-state index in [4.69, 9.17) is 4.74 Å². The maximum atomic E-state index is 11.9. The molecule has 0 aromatic heterocycles. The average Bonchev–Trinajstić information content (AvgIpc) is 2.38. The third kappa shape index (κ3) is 6.98. The molecule has 0 spiro atoms. The maximum absolute atomic E-state index is 11.9. The number of benzene rings is 1. The van der Waals surface area contributed by atoms with Gasteiger partial charge in [-0.25, -0.2) is 0 Å². The van der Waals surface area contributed by atoms with Gasteiger partial charge in [0, 0.05) is 12.1 Å². The van der Waals surface area contributed by atoms with Crippen LogP contribution in [0.15, 0.2) is 24.3 Å². The van der Waals surface area contributed by atoms with Gasteiger partial charge in [0.25, 0.3) is 0 Å². The van der Waals surface area contributed by atoms with E-state index in [1.165, 1.54) is 0 Å². The highest BCUT2D eigenvalue weighted by Gasteiger charge is 2.25. The van der Waals surface area contributed by atoms with Crippen molar-refractivity contribution in [2.45, 2.75) is 19.0 Å². The molecule has 112 valence electrons. The molecular formula is C13H17F3N2O2. The monoisotopic (exact) mass is 290 g/mol. The number of hydrogen-bond acceptors (Lipinski definition) is 3. The summed E-state index contributed by atoms with van der Waals surface area (Å²) in [6.45, 7) is 0.124. The molecule has 1 aromatic rings. The topological polar surface area (TPSA) is 50.4 Å². The second-order valence-electron chi connectivity index (χ2n) is 4.17. The van der Waals surface area contributed by atoms with Crippen molar-refractivity contribution >= 4 is 11.6 Å². The van der Waals surface area contributed by atoms with Crippen molar-refractivity contribution in [3.63, 3.8) is 0 Å². The largest absolute Gasteiger partial charge is 0.497 e. The molecule has 0 heterocycles. The van der Waals surface area contributed by atoms with Gasteiger partial charge in [-0.1, -0.05) is 0 Å². The van der Waals surface area contributed by atoms with Crippen LogP contribution in [0.2, 0.25) is 0 Å². The molecule has 0 radical (unpaired) electrons. The van der Waals surface area contributed by atoms with E-state index in [2.05, 4.69) is 10.6 Å². The van der Waals surface area contributed by atoms with Crippen molar-refractivity contribution in [3.05, 3.63) is 24.3 Å². The van der Waals surface area contributed by atoms with E-state index >= 15 is 0 Å². The van der Waals surface area contributed by atoms with Gasteiger partial charge in [-0.05, 0) is 37.2 Å². The molecule has 0 saturated heterocycles. The number of nitrogens with one attached hydrogen (secondary N) is 2. The lowest BCUT2D eigenvalue weighted by Crippen LogP contribution is -2.29. The standard InChI is InChI=1S/C13H17F3N2O2/c1-20-11-5-3-10(4-6-11)18-12(19)9-17-8-2-7-13(14,15)16/h3-6,17H,2,7-9H2,1H3,(H,18,19). The molecule has 20 heavy (non-hydrogen) atoms. The molecule has 0 bridgehead atoms. The van der Waals surface area contributed by atoms with Gasteiger partial charge in [0.1, 0.15) is 5.75 Å². The van der Waals surface area contributed by atoms with Crippen LogP contribution in [0, 0.1) is 0 Å². The fraction of sp³-hybridized carbons (Fsp3) is 0.462. The third-order valence-corrected chi connectivity index (χ3v) is 2.47. The number of carbonyl (C=O) groups is 1. The van der Waals surface area contributed by atoms with Crippen LogP contribution in [0.4, 0.5) is 18.9 Å². The molecule has 0 aliphatic rings. The Balaban J connectivity index is 2.19. The zero-order valence-corrected chi connectivity index (χ0v) is 11.1. The van der Waals surface area contributed by atoms with Crippen LogP contribution < -0.4 is 15.4 Å². The van der Waals surface area contributed by atoms with E-state index < -0.39 is 12.6 Å². The maximum Gasteiger partial charge on any atom is 0.389 e. The minimum absolute atomic E-state index is 0.0239. The fourth-order valence-electron chi connectivity index (χ4n) is 1.50. The molecule has 0 aliphatic heterocycles. The first-order valence-electron chi connectivity index (χ1n) is 6.12. The highest BCUT2D eigenvalue weighted by molar-refractivity contribution is 5.92. The molecule has 1 rings (SSSR count). The Morgan fingerprint density at radius 2 is 1.90 bits per heavy atom. The predicted octanol–water partition coefficient (Wildman–Crippen LogP) is 2.57. The van der Waals surface area contributed by atoms with Crippen molar-refractivity contribution in [3.8, 4) is 5.75 Å². The number of halogens is 3. The van der Waals surface area contributed by atoms with Gasteiger partial charge in [0.15, 0.2) is 0 Å².